The fourth-order valence-corrected chi connectivity index (χ4v) is 3.51. The molecule has 1 N–H and O–H groups in total. The number of pyridine rings is 1. The summed E-state index contributed by atoms with van der Waals surface area (Å²) in [6, 6.07) is 1.48. The zero-order chi connectivity index (χ0) is 14.9. The molecule has 1 aromatic heterocycles. The van der Waals surface area contributed by atoms with Gasteiger partial charge in [-0.1, -0.05) is 37.3 Å². The molecule has 0 bridgehead atoms. The van der Waals surface area contributed by atoms with Crippen molar-refractivity contribution in [3.8, 4) is 0 Å². The number of nitrogens with zero attached hydrogens (tertiary/aromatic N) is 2. The van der Waals surface area contributed by atoms with Crippen LogP contribution in [0.1, 0.15) is 44.1 Å². The van der Waals surface area contributed by atoms with E-state index in [2.05, 4.69) is 10.3 Å². The molecular weight excluding hydrogens is 290 g/mol. The van der Waals surface area contributed by atoms with Gasteiger partial charge in [-0.05, 0) is 24.5 Å². The number of carbonyl (C=O) groups is 2. The van der Waals surface area contributed by atoms with Gasteiger partial charge in [-0.2, -0.15) is 0 Å². The topological polar surface area (TPSA) is 62.3 Å². The third kappa shape index (κ3) is 2.50. The largest absolute Gasteiger partial charge is 0.325 e. The van der Waals surface area contributed by atoms with Crippen LogP contribution in [0.2, 0.25) is 5.02 Å². The Bertz CT molecular complexity index is 568. The van der Waals surface area contributed by atoms with Crippen molar-refractivity contribution >= 4 is 23.5 Å². The van der Waals surface area contributed by atoms with Crippen molar-refractivity contribution in [1.82, 2.24) is 15.2 Å². The van der Waals surface area contributed by atoms with Crippen LogP contribution in [0.3, 0.4) is 0 Å². The first-order chi connectivity index (χ1) is 10.1. The third-order valence-electron chi connectivity index (χ3n) is 4.52. The van der Waals surface area contributed by atoms with Crippen LogP contribution in [0.15, 0.2) is 18.5 Å². The van der Waals surface area contributed by atoms with E-state index < -0.39 is 5.54 Å². The van der Waals surface area contributed by atoms with E-state index in [0.717, 1.165) is 44.1 Å². The predicted molar refractivity (Wildman–Crippen MR) is 78.8 cm³/mol. The normalized spacial score (nSPS) is 21.5. The first kappa shape index (κ1) is 14.3. The molecule has 1 aliphatic heterocycles. The summed E-state index contributed by atoms with van der Waals surface area (Å²) in [4.78, 5) is 30.2. The lowest BCUT2D eigenvalue weighted by Crippen LogP contribution is -2.48. The van der Waals surface area contributed by atoms with Crippen molar-refractivity contribution in [1.29, 1.82) is 0 Å². The van der Waals surface area contributed by atoms with Gasteiger partial charge in [0.25, 0.3) is 5.91 Å². The quantitative estimate of drug-likeness (QED) is 0.855. The van der Waals surface area contributed by atoms with Gasteiger partial charge in [-0.15, -0.1) is 0 Å². The Kier molecular flexibility index (Phi) is 3.85. The highest BCUT2D eigenvalue weighted by atomic mass is 35.5. The molecule has 0 atom stereocenters. The lowest BCUT2D eigenvalue weighted by Gasteiger charge is -2.34. The van der Waals surface area contributed by atoms with Crippen molar-refractivity contribution in [2.75, 3.05) is 0 Å². The van der Waals surface area contributed by atoms with Crippen molar-refractivity contribution < 1.29 is 9.59 Å². The summed E-state index contributed by atoms with van der Waals surface area (Å²) in [5, 5.41) is 3.01. The second-order valence-corrected chi connectivity index (χ2v) is 6.17. The molecule has 2 heterocycles. The van der Waals surface area contributed by atoms with Crippen LogP contribution >= 0.6 is 11.6 Å². The SMILES string of the molecule is O=C1NC(=O)C2(CCCCCC2)N1Cc1ccncc1Cl. The Labute approximate surface area is 128 Å². The Hall–Kier alpha value is -1.62. The molecule has 1 aromatic rings. The molecule has 1 saturated carbocycles. The number of urea groups is 1. The highest BCUT2D eigenvalue weighted by Gasteiger charge is 2.52. The number of hydrogen-bond donors (Lipinski definition) is 1. The van der Waals surface area contributed by atoms with Crippen LogP contribution in [0.5, 0.6) is 0 Å². The van der Waals surface area contributed by atoms with Gasteiger partial charge in [0.1, 0.15) is 5.54 Å². The predicted octanol–water partition coefficient (Wildman–Crippen LogP) is 2.88. The van der Waals surface area contributed by atoms with Crippen LogP contribution in [0, 0.1) is 0 Å². The van der Waals surface area contributed by atoms with Gasteiger partial charge in [0.05, 0.1) is 11.6 Å². The van der Waals surface area contributed by atoms with Crippen molar-refractivity contribution in [2.45, 2.75) is 50.6 Å². The molecule has 2 fully saturated rings. The maximum Gasteiger partial charge on any atom is 0.325 e. The van der Waals surface area contributed by atoms with E-state index in [1.165, 1.54) is 0 Å². The number of halogens is 1. The van der Waals surface area contributed by atoms with Gasteiger partial charge < -0.3 is 4.90 Å². The molecule has 3 amide bonds. The molecule has 2 aliphatic rings. The smallest absolute Gasteiger partial charge is 0.305 e. The highest BCUT2D eigenvalue weighted by molar-refractivity contribution is 6.31. The molecule has 0 radical (unpaired) electrons. The second-order valence-electron chi connectivity index (χ2n) is 5.76. The summed E-state index contributed by atoms with van der Waals surface area (Å²) in [6.45, 7) is 0.346. The summed E-state index contributed by atoms with van der Waals surface area (Å²) >= 11 is 6.14. The van der Waals surface area contributed by atoms with Gasteiger partial charge in [0.2, 0.25) is 0 Å². The molecule has 6 heteroatoms. The molecule has 3 rings (SSSR count). The van der Waals surface area contributed by atoms with Gasteiger partial charge >= 0.3 is 6.03 Å². The molecule has 5 nitrogen and oxygen atoms in total. The molecule has 21 heavy (non-hydrogen) atoms. The van der Waals surface area contributed by atoms with Gasteiger partial charge in [0.15, 0.2) is 0 Å². The minimum absolute atomic E-state index is 0.153. The summed E-state index contributed by atoms with van der Waals surface area (Å²) in [7, 11) is 0. The molecule has 0 unspecified atom stereocenters. The molecule has 1 saturated heterocycles. The fourth-order valence-electron chi connectivity index (χ4n) is 3.33. The number of hydrogen-bond acceptors (Lipinski definition) is 3. The van der Waals surface area contributed by atoms with Gasteiger partial charge in [-0.25, -0.2) is 4.79 Å². The molecule has 1 aliphatic carbocycles. The van der Waals surface area contributed by atoms with E-state index in [9.17, 15) is 9.59 Å². The van der Waals surface area contributed by atoms with Crippen LogP contribution in [-0.4, -0.2) is 27.4 Å². The third-order valence-corrected chi connectivity index (χ3v) is 4.86. The summed E-state index contributed by atoms with van der Waals surface area (Å²) in [5.74, 6) is -0.153. The van der Waals surface area contributed by atoms with Crippen molar-refractivity contribution in [3.05, 3.63) is 29.0 Å². The zero-order valence-electron chi connectivity index (χ0n) is 11.8. The van der Waals surface area contributed by atoms with Crippen molar-refractivity contribution in [2.24, 2.45) is 0 Å². The minimum atomic E-state index is -0.694. The van der Waals surface area contributed by atoms with E-state index in [4.69, 9.17) is 11.6 Å². The summed E-state index contributed by atoms with van der Waals surface area (Å²) < 4.78 is 0. The number of imide groups is 1. The zero-order valence-corrected chi connectivity index (χ0v) is 12.5. The average molecular weight is 308 g/mol. The lowest BCUT2D eigenvalue weighted by molar-refractivity contribution is -0.127. The van der Waals surface area contributed by atoms with Crippen LogP contribution in [-0.2, 0) is 11.3 Å². The number of nitrogens with one attached hydrogen (secondary N) is 1. The van der Waals surface area contributed by atoms with Gasteiger partial charge in [0, 0.05) is 12.4 Å². The van der Waals surface area contributed by atoms with E-state index >= 15 is 0 Å². The number of amides is 3. The molecular formula is C15H18ClN3O2. The van der Waals surface area contributed by atoms with Gasteiger partial charge in [-0.3, -0.25) is 15.1 Å². The molecule has 1 spiro atoms. The van der Waals surface area contributed by atoms with Crippen molar-refractivity contribution in [3.63, 3.8) is 0 Å². The van der Waals surface area contributed by atoms with Crippen LogP contribution < -0.4 is 5.32 Å². The average Bonchev–Trinajstić information content (AvgIpc) is 2.65. The number of aromatic nitrogens is 1. The fraction of sp³-hybridized carbons (Fsp3) is 0.533. The lowest BCUT2D eigenvalue weighted by atomic mass is 9.88. The highest BCUT2D eigenvalue weighted by Crippen LogP contribution is 2.37. The first-order valence-electron chi connectivity index (χ1n) is 7.35. The maximum atomic E-state index is 12.4. The Balaban J connectivity index is 1.92. The van der Waals surface area contributed by atoms with Crippen LogP contribution in [0.4, 0.5) is 4.79 Å². The molecule has 112 valence electrons. The Morgan fingerprint density at radius 2 is 1.95 bits per heavy atom. The number of rotatable bonds is 2. The molecule has 0 aromatic carbocycles. The first-order valence-corrected chi connectivity index (χ1v) is 7.73. The minimum Gasteiger partial charge on any atom is -0.305 e. The number of carbonyl (C=O) groups excluding carboxylic acids is 2. The van der Waals surface area contributed by atoms with Crippen LogP contribution in [0.25, 0.3) is 0 Å². The Morgan fingerprint density at radius 1 is 1.24 bits per heavy atom. The van der Waals surface area contributed by atoms with E-state index in [1.54, 1.807) is 23.4 Å². The monoisotopic (exact) mass is 307 g/mol. The summed E-state index contributed by atoms with van der Waals surface area (Å²) in [6.07, 6.45) is 8.85. The van der Waals surface area contributed by atoms with E-state index in [0.29, 0.717) is 11.6 Å². The Morgan fingerprint density at radius 3 is 2.62 bits per heavy atom. The summed E-state index contributed by atoms with van der Waals surface area (Å²) in [5.41, 5.74) is 0.125. The second kappa shape index (κ2) is 5.64. The standard InChI is InChI=1S/C15H18ClN3O2/c16-12-9-17-8-5-11(12)10-19-14(21)18-13(20)15(19)6-3-1-2-4-7-15/h5,8-9H,1-4,6-7,10H2,(H,18,20,21). The maximum absolute atomic E-state index is 12.4. The van der Waals surface area contributed by atoms with E-state index in [-0.39, 0.29) is 11.9 Å². The van der Waals surface area contributed by atoms with E-state index in [1.807, 2.05) is 0 Å².